The molecule has 0 bridgehead atoms. The number of carbonyl (C=O) groups is 1. The Morgan fingerprint density at radius 3 is 2.23 bits per heavy atom. The summed E-state index contributed by atoms with van der Waals surface area (Å²) >= 11 is 0. The molecule has 13 heavy (non-hydrogen) atoms. The van der Waals surface area contributed by atoms with Gasteiger partial charge in [-0.25, -0.2) is 4.72 Å². The van der Waals surface area contributed by atoms with Crippen LogP contribution < -0.4 is 4.72 Å². The Balaban J connectivity index is 4.72. The van der Waals surface area contributed by atoms with Gasteiger partial charge in [0.2, 0.25) is 0 Å². The lowest BCUT2D eigenvalue weighted by atomic mass is 10.4. The van der Waals surface area contributed by atoms with E-state index >= 15 is 0 Å². The Kier molecular flexibility index (Phi) is 4.31. The molecule has 2 N–H and O–H groups in total. The molecule has 7 heteroatoms. The van der Waals surface area contributed by atoms with Gasteiger partial charge in [0.25, 0.3) is 10.2 Å². The van der Waals surface area contributed by atoms with Crippen molar-refractivity contribution >= 4 is 16.2 Å². The first kappa shape index (κ1) is 12.3. The maximum Gasteiger partial charge on any atom is 0.318 e. The SMILES string of the molecule is CNS(=O)(=O)N(CC(=O)O)C(C)C. The zero-order chi connectivity index (χ0) is 10.6. The summed E-state index contributed by atoms with van der Waals surface area (Å²) in [7, 11) is -2.41. The summed E-state index contributed by atoms with van der Waals surface area (Å²) in [5.74, 6) is -1.17. The van der Waals surface area contributed by atoms with Crippen molar-refractivity contribution in [1.29, 1.82) is 0 Å². The molecular formula is C6H14N2O4S. The molecule has 0 atom stereocenters. The first-order valence-corrected chi connectivity index (χ1v) is 5.17. The van der Waals surface area contributed by atoms with Crippen LogP contribution in [-0.2, 0) is 15.0 Å². The summed E-state index contributed by atoms with van der Waals surface area (Å²) in [5.41, 5.74) is 0. The van der Waals surface area contributed by atoms with E-state index in [1.807, 2.05) is 0 Å². The van der Waals surface area contributed by atoms with Crippen LogP contribution in [0.25, 0.3) is 0 Å². The minimum absolute atomic E-state index is 0.381. The molecule has 78 valence electrons. The fraction of sp³-hybridized carbons (Fsp3) is 0.833. The minimum Gasteiger partial charge on any atom is -0.480 e. The van der Waals surface area contributed by atoms with E-state index in [2.05, 4.69) is 4.72 Å². The van der Waals surface area contributed by atoms with Gasteiger partial charge >= 0.3 is 5.97 Å². The Morgan fingerprint density at radius 2 is 2.00 bits per heavy atom. The molecule has 0 aliphatic rings. The molecule has 0 amide bonds. The molecule has 0 rings (SSSR count). The predicted octanol–water partition coefficient (Wildman–Crippen LogP) is -0.754. The summed E-state index contributed by atoms with van der Waals surface area (Å²) in [6, 6.07) is -0.381. The van der Waals surface area contributed by atoms with Gasteiger partial charge in [-0.2, -0.15) is 12.7 Å². The van der Waals surface area contributed by atoms with E-state index in [1.165, 1.54) is 7.05 Å². The lowest BCUT2D eigenvalue weighted by Crippen LogP contribution is -2.45. The highest BCUT2D eigenvalue weighted by molar-refractivity contribution is 7.87. The van der Waals surface area contributed by atoms with E-state index in [-0.39, 0.29) is 6.04 Å². The van der Waals surface area contributed by atoms with Gasteiger partial charge in [-0.05, 0) is 13.8 Å². The normalized spacial score (nSPS) is 12.4. The number of nitrogens with one attached hydrogen (secondary N) is 1. The van der Waals surface area contributed by atoms with Crippen LogP contribution in [0.3, 0.4) is 0 Å². The number of aliphatic carboxylic acids is 1. The van der Waals surface area contributed by atoms with Crippen molar-refractivity contribution in [3.05, 3.63) is 0 Å². The van der Waals surface area contributed by atoms with Gasteiger partial charge in [0, 0.05) is 13.1 Å². The lowest BCUT2D eigenvalue weighted by molar-refractivity contribution is -0.137. The Labute approximate surface area is 77.7 Å². The molecule has 0 aromatic heterocycles. The predicted molar refractivity (Wildman–Crippen MR) is 47.5 cm³/mol. The van der Waals surface area contributed by atoms with Crippen molar-refractivity contribution in [2.24, 2.45) is 0 Å². The zero-order valence-corrected chi connectivity index (χ0v) is 8.63. The summed E-state index contributed by atoms with van der Waals surface area (Å²) in [4.78, 5) is 10.3. The lowest BCUT2D eigenvalue weighted by Gasteiger charge is -2.22. The van der Waals surface area contributed by atoms with Crippen molar-refractivity contribution in [3.8, 4) is 0 Å². The maximum absolute atomic E-state index is 11.2. The number of carboxylic acid groups (broad SMARTS) is 1. The van der Waals surface area contributed by atoms with Gasteiger partial charge in [-0.3, -0.25) is 4.79 Å². The number of carboxylic acids is 1. The second-order valence-corrected chi connectivity index (χ2v) is 4.57. The van der Waals surface area contributed by atoms with Crippen LogP contribution >= 0.6 is 0 Å². The number of rotatable bonds is 5. The quantitative estimate of drug-likeness (QED) is 0.625. The Bertz CT molecular complexity index is 272. The first-order valence-electron chi connectivity index (χ1n) is 3.73. The zero-order valence-electron chi connectivity index (χ0n) is 7.81. The Hall–Kier alpha value is -0.660. The molecule has 0 saturated carbocycles. The molecule has 0 heterocycles. The van der Waals surface area contributed by atoms with Crippen LogP contribution in [0.15, 0.2) is 0 Å². The molecule has 6 nitrogen and oxygen atoms in total. The van der Waals surface area contributed by atoms with Gasteiger partial charge < -0.3 is 5.11 Å². The molecule has 0 aliphatic carbocycles. The van der Waals surface area contributed by atoms with E-state index in [1.54, 1.807) is 13.8 Å². The van der Waals surface area contributed by atoms with E-state index in [4.69, 9.17) is 5.11 Å². The molecule has 0 aromatic carbocycles. The third-order valence-corrected chi connectivity index (χ3v) is 3.12. The minimum atomic E-state index is -3.65. The number of hydrogen-bond donors (Lipinski definition) is 2. The highest BCUT2D eigenvalue weighted by atomic mass is 32.2. The van der Waals surface area contributed by atoms with Crippen molar-refractivity contribution in [3.63, 3.8) is 0 Å². The molecule has 0 spiro atoms. The molecule has 0 aromatic rings. The summed E-state index contributed by atoms with van der Waals surface area (Å²) < 4.78 is 25.4. The van der Waals surface area contributed by atoms with E-state index in [9.17, 15) is 13.2 Å². The second-order valence-electron chi connectivity index (χ2n) is 2.74. The average Bonchev–Trinajstić information content (AvgIpc) is 1.99. The third kappa shape index (κ3) is 3.71. The Morgan fingerprint density at radius 1 is 1.54 bits per heavy atom. The summed E-state index contributed by atoms with van der Waals surface area (Å²) in [5, 5.41) is 8.46. The van der Waals surface area contributed by atoms with Crippen molar-refractivity contribution < 1.29 is 18.3 Å². The van der Waals surface area contributed by atoms with Gasteiger partial charge in [0.1, 0.15) is 6.54 Å². The van der Waals surface area contributed by atoms with Crippen LogP contribution in [0.1, 0.15) is 13.8 Å². The van der Waals surface area contributed by atoms with Crippen LogP contribution in [0.2, 0.25) is 0 Å². The van der Waals surface area contributed by atoms with Crippen LogP contribution in [-0.4, -0.2) is 43.4 Å². The first-order chi connectivity index (χ1) is 5.81. The van der Waals surface area contributed by atoms with Gasteiger partial charge in [-0.15, -0.1) is 0 Å². The standard InChI is InChI=1S/C6H14N2O4S/c1-5(2)8(4-6(9)10)13(11,12)7-3/h5,7H,4H2,1-3H3,(H,9,10). The highest BCUT2D eigenvalue weighted by Gasteiger charge is 2.25. The van der Waals surface area contributed by atoms with E-state index in [0.29, 0.717) is 0 Å². The largest absolute Gasteiger partial charge is 0.480 e. The van der Waals surface area contributed by atoms with Crippen molar-refractivity contribution in [2.75, 3.05) is 13.6 Å². The molecule has 0 saturated heterocycles. The highest BCUT2D eigenvalue weighted by Crippen LogP contribution is 2.03. The summed E-state index contributed by atoms with van der Waals surface area (Å²) in [6.07, 6.45) is 0. The van der Waals surface area contributed by atoms with Gasteiger partial charge in [0.15, 0.2) is 0 Å². The molecule has 0 unspecified atom stereocenters. The topological polar surface area (TPSA) is 86.7 Å². The van der Waals surface area contributed by atoms with Crippen LogP contribution in [0, 0.1) is 0 Å². The number of hydrogen-bond acceptors (Lipinski definition) is 3. The van der Waals surface area contributed by atoms with Crippen molar-refractivity contribution in [2.45, 2.75) is 19.9 Å². The maximum atomic E-state index is 11.2. The smallest absolute Gasteiger partial charge is 0.318 e. The average molecular weight is 210 g/mol. The van der Waals surface area contributed by atoms with Gasteiger partial charge in [0.05, 0.1) is 0 Å². The van der Waals surface area contributed by atoms with Crippen LogP contribution in [0.4, 0.5) is 0 Å². The number of nitrogens with zero attached hydrogens (tertiary/aromatic N) is 1. The molecule has 0 fully saturated rings. The molecular weight excluding hydrogens is 196 g/mol. The molecule has 0 aliphatic heterocycles. The second kappa shape index (κ2) is 4.54. The van der Waals surface area contributed by atoms with E-state index < -0.39 is 22.7 Å². The van der Waals surface area contributed by atoms with Crippen LogP contribution in [0.5, 0.6) is 0 Å². The third-order valence-electron chi connectivity index (χ3n) is 1.43. The van der Waals surface area contributed by atoms with E-state index in [0.717, 1.165) is 4.31 Å². The summed E-state index contributed by atoms with van der Waals surface area (Å²) in [6.45, 7) is 2.69. The fourth-order valence-corrected chi connectivity index (χ4v) is 1.87. The van der Waals surface area contributed by atoms with Crippen molar-refractivity contribution in [1.82, 2.24) is 9.03 Å². The molecule has 0 radical (unpaired) electrons. The fourth-order valence-electron chi connectivity index (χ4n) is 0.796. The monoisotopic (exact) mass is 210 g/mol. The van der Waals surface area contributed by atoms with Gasteiger partial charge in [-0.1, -0.05) is 0 Å².